The first-order valence-electron chi connectivity index (χ1n) is 28.8. The largest absolute Gasteiger partial charge is 0.462 e. The van der Waals surface area contributed by atoms with Crippen molar-refractivity contribution in [2.45, 2.75) is 271 Å². The van der Waals surface area contributed by atoms with E-state index in [0.29, 0.717) is 19.3 Å². The lowest BCUT2D eigenvalue weighted by Gasteiger charge is -2.18. The highest BCUT2D eigenvalue weighted by atomic mass is 16.6. The fourth-order valence-electron chi connectivity index (χ4n) is 7.96. The van der Waals surface area contributed by atoms with E-state index in [1.165, 1.54) is 148 Å². The number of hydrogen-bond donors (Lipinski definition) is 0. The van der Waals surface area contributed by atoms with Gasteiger partial charge in [-0.25, -0.2) is 0 Å². The van der Waals surface area contributed by atoms with Gasteiger partial charge < -0.3 is 14.2 Å². The third-order valence-corrected chi connectivity index (χ3v) is 12.2. The first-order valence-corrected chi connectivity index (χ1v) is 28.8. The molecule has 0 aliphatic heterocycles. The van der Waals surface area contributed by atoms with E-state index in [0.717, 1.165) is 70.6 Å². The molecular weight excluding hydrogens is 853 g/mol. The summed E-state index contributed by atoms with van der Waals surface area (Å²) in [6.45, 7) is 6.34. The van der Waals surface area contributed by atoms with Gasteiger partial charge in [-0.05, 0) is 64.2 Å². The summed E-state index contributed by atoms with van der Waals surface area (Å²) in [4.78, 5) is 38.1. The van der Waals surface area contributed by atoms with Crippen molar-refractivity contribution < 1.29 is 28.6 Å². The second-order valence-corrected chi connectivity index (χ2v) is 18.9. The van der Waals surface area contributed by atoms with Crippen molar-refractivity contribution in [3.8, 4) is 0 Å². The van der Waals surface area contributed by atoms with Crippen LogP contribution in [-0.2, 0) is 28.6 Å². The fraction of sp³-hybridized carbons (Fsp3) is 0.698. The van der Waals surface area contributed by atoms with E-state index in [1.54, 1.807) is 0 Å². The maximum Gasteiger partial charge on any atom is 0.306 e. The number of hydrogen-bond acceptors (Lipinski definition) is 6. The minimum atomic E-state index is -0.808. The number of esters is 3. The Kier molecular flexibility index (Phi) is 53.9. The zero-order valence-electron chi connectivity index (χ0n) is 45.0. The van der Waals surface area contributed by atoms with Gasteiger partial charge in [0.25, 0.3) is 0 Å². The van der Waals surface area contributed by atoms with Crippen LogP contribution in [0.5, 0.6) is 0 Å². The van der Waals surface area contributed by atoms with Gasteiger partial charge in [0.15, 0.2) is 6.10 Å². The topological polar surface area (TPSA) is 78.9 Å². The Bertz CT molecular complexity index is 1380. The van der Waals surface area contributed by atoms with Crippen LogP contribution < -0.4 is 0 Å². The molecule has 0 saturated heterocycles. The third-order valence-electron chi connectivity index (χ3n) is 12.2. The van der Waals surface area contributed by atoms with E-state index in [2.05, 4.69) is 63.3 Å². The summed E-state index contributed by atoms with van der Waals surface area (Å²) in [6.07, 6.45) is 75.6. The molecule has 1 atom stereocenters. The van der Waals surface area contributed by atoms with Crippen molar-refractivity contribution in [2.75, 3.05) is 13.2 Å². The van der Waals surface area contributed by atoms with Crippen LogP contribution in [0, 0.1) is 0 Å². The number of allylic oxidation sites excluding steroid dienone is 16. The van der Waals surface area contributed by atoms with Crippen LogP contribution in [0.25, 0.3) is 0 Å². The molecule has 6 nitrogen and oxygen atoms in total. The SMILES string of the molecule is CC\C=C/C=C\C=C/C=C\C=C/CCCC(=O)OCC(COC(=O)CCCCCCCCCCC/C=C\C/C=C\C/C=C\CC)OC(=O)CCCCCCCCCCCCCCCCCCCCC. The highest BCUT2D eigenvalue weighted by molar-refractivity contribution is 5.71. The highest BCUT2D eigenvalue weighted by Gasteiger charge is 2.19. The molecule has 0 fully saturated rings. The van der Waals surface area contributed by atoms with E-state index in [9.17, 15) is 14.4 Å². The van der Waals surface area contributed by atoms with Gasteiger partial charge in [0.1, 0.15) is 13.2 Å². The van der Waals surface area contributed by atoms with Crippen LogP contribution in [0.2, 0.25) is 0 Å². The Morgan fingerprint density at radius 2 is 0.652 bits per heavy atom. The summed E-state index contributed by atoms with van der Waals surface area (Å²) in [5, 5.41) is 0. The van der Waals surface area contributed by atoms with E-state index in [4.69, 9.17) is 14.2 Å². The molecule has 69 heavy (non-hydrogen) atoms. The summed E-state index contributed by atoms with van der Waals surface area (Å²) in [5.41, 5.74) is 0. The summed E-state index contributed by atoms with van der Waals surface area (Å²) in [5.74, 6) is -0.977. The van der Waals surface area contributed by atoms with E-state index < -0.39 is 6.10 Å². The van der Waals surface area contributed by atoms with Crippen LogP contribution in [0.15, 0.2) is 97.2 Å². The van der Waals surface area contributed by atoms with Crippen LogP contribution in [0.3, 0.4) is 0 Å². The lowest BCUT2D eigenvalue weighted by Crippen LogP contribution is -2.30. The van der Waals surface area contributed by atoms with Crippen molar-refractivity contribution in [3.05, 3.63) is 97.2 Å². The third kappa shape index (κ3) is 55.1. The van der Waals surface area contributed by atoms with Crippen LogP contribution >= 0.6 is 0 Å². The number of carbonyl (C=O) groups is 3. The van der Waals surface area contributed by atoms with Gasteiger partial charge in [0, 0.05) is 19.3 Å². The van der Waals surface area contributed by atoms with Gasteiger partial charge in [-0.3, -0.25) is 14.4 Å². The summed E-state index contributed by atoms with van der Waals surface area (Å²) >= 11 is 0. The Morgan fingerprint density at radius 1 is 0.319 bits per heavy atom. The molecule has 0 bridgehead atoms. The lowest BCUT2D eigenvalue weighted by atomic mass is 10.0. The summed E-state index contributed by atoms with van der Waals surface area (Å²) < 4.78 is 16.8. The van der Waals surface area contributed by atoms with Gasteiger partial charge in [-0.15, -0.1) is 0 Å². The van der Waals surface area contributed by atoms with Gasteiger partial charge >= 0.3 is 17.9 Å². The first kappa shape index (κ1) is 65.3. The average Bonchev–Trinajstić information content (AvgIpc) is 3.35. The first-order chi connectivity index (χ1) is 34.0. The van der Waals surface area contributed by atoms with Crippen molar-refractivity contribution in [1.82, 2.24) is 0 Å². The predicted octanol–water partition coefficient (Wildman–Crippen LogP) is 19.3. The van der Waals surface area contributed by atoms with Crippen molar-refractivity contribution >= 4 is 17.9 Å². The smallest absolute Gasteiger partial charge is 0.306 e. The van der Waals surface area contributed by atoms with Gasteiger partial charge in [-0.2, -0.15) is 0 Å². The van der Waals surface area contributed by atoms with Crippen molar-refractivity contribution in [3.63, 3.8) is 0 Å². The number of carbonyl (C=O) groups excluding carboxylic acids is 3. The molecule has 394 valence electrons. The maximum absolute atomic E-state index is 12.9. The molecular formula is C63H106O6. The van der Waals surface area contributed by atoms with Gasteiger partial charge in [0.05, 0.1) is 0 Å². The molecule has 0 spiro atoms. The van der Waals surface area contributed by atoms with E-state index in [1.807, 2.05) is 54.7 Å². The van der Waals surface area contributed by atoms with Gasteiger partial charge in [0.2, 0.25) is 0 Å². The molecule has 0 heterocycles. The molecule has 0 N–H and O–H groups in total. The molecule has 6 heteroatoms. The Hall–Kier alpha value is -3.67. The number of rotatable bonds is 51. The van der Waals surface area contributed by atoms with Crippen LogP contribution in [-0.4, -0.2) is 37.2 Å². The summed E-state index contributed by atoms with van der Waals surface area (Å²) in [6, 6.07) is 0. The second kappa shape index (κ2) is 56.9. The molecule has 0 aliphatic carbocycles. The average molecular weight is 960 g/mol. The minimum Gasteiger partial charge on any atom is -0.462 e. The Morgan fingerprint density at radius 3 is 1.10 bits per heavy atom. The van der Waals surface area contributed by atoms with Crippen molar-refractivity contribution in [1.29, 1.82) is 0 Å². The van der Waals surface area contributed by atoms with E-state index >= 15 is 0 Å². The lowest BCUT2D eigenvalue weighted by molar-refractivity contribution is -0.167. The second-order valence-electron chi connectivity index (χ2n) is 18.9. The molecule has 0 amide bonds. The Labute approximate surface area is 426 Å². The van der Waals surface area contributed by atoms with Crippen LogP contribution in [0.4, 0.5) is 0 Å². The highest BCUT2D eigenvalue weighted by Crippen LogP contribution is 2.16. The monoisotopic (exact) mass is 959 g/mol. The zero-order valence-corrected chi connectivity index (χ0v) is 45.0. The van der Waals surface area contributed by atoms with E-state index in [-0.39, 0.29) is 37.5 Å². The molecule has 0 aromatic heterocycles. The zero-order chi connectivity index (χ0) is 50.0. The molecule has 1 unspecified atom stereocenters. The maximum atomic E-state index is 12.9. The standard InChI is InChI=1S/C63H106O6/c1-4-7-10-13-16-19-22-25-27-29-31-33-35-38-41-44-47-50-53-56-62(65)68-59-60(58-67-61(64)55-52-49-46-43-40-37-24-21-18-15-12-9-6-3)69-63(66)57-54-51-48-45-42-39-36-34-32-30-28-26-23-20-17-14-11-8-5-2/h7,9-10,12,15-16,18-19,21,24-25,27,37,40,43,46,60H,4-6,8,11,13-14,17,20,22-23,26,28-36,38-39,41-42,44-45,47-59H2,1-3H3/b10-7-,12-9-,18-15-,19-16-,24-21-,27-25-,40-37-,46-43-. The Balaban J connectivity index is 4.41. The fourth-order valence-corrected chi connectivity index (χ4v) is 7.96. The molecule has 0 aromatic rings. The number of unbranched alkanes of at least 4 members (excludes halogenated alkanes) is 28. The molecule has 0 radical (unpaired) electrons. The predicted molar refractivity (Wildman–Crippen MR) is 297 cm³/mol. The quantitative estimate of drug-likeness (QED) is 0.0199. The number of ether oxygens (including phenoxy) is 3. The molecule has 0 saturated carbocycles. The molecule has 0 rings (SSSR count). The normalized spacial score (nSPS) is 12.8. The summed E-state index contributed by atoms with van der Waals surface area (Å²) in [7, 11) is 0. The van der Waals surface area contributed by atoms with Gasteiger partial charge in [-0.1, -0.05) is 279 Å². The van der Waals surface area contributed by atoms with Crippen LogP contribution in [0.1, 0.15) is 265 Å². The minimum absolute atomic E-state index is 0.102. The molecule has 0 aliphatic rings. The van der Waals surface area contributed by atoms with Crippen molar-refractivity contribution in [2.24, 2.45) is 0 Å². The molecule has 0 aromatic carbocycles.